The summed E-state index contributed by atoms with van der Waals surface area (Å²) in [6.45, 7) is 0. The van der Waals surface area contributed by atoms with Crippen molar-refractivity contribution < 1.29 is 50.9 Å². The van der Waals surface area contributed by atoms with E-state index in [9.17, 15) is 41.4 Å². The Morgan fingerprint density at radius 3 is 2.28 bits per heavy atom. The molecule has 3 N–H and O–H groups in total. The number of halogens is 5. The highest BCUT2D eigenvalue weighted by molar-refractivity contribution is 5.99. The highest BCUT2D eigenvalue weighted by atomic mass is 19.4. The number of hydrogen-bond donors (Lipinski definition) is 3. The highest BCUT2D eigenvalue weighted by Crippen LogP contribution is 2.45. The lowest BCUT2D eigenvalue weighted by atomic mass is 9.87. The van der Waals surface area contributed by atoms with Crippen LogP contribution in [0.25, 0.3) is 0 Å². The summed E-state index contributed by atoms with van der Waals surface area (Å²) in [5.74, 6) is -6.61. The zero-order valence-corrected chi connectivity index (χ0v) is 22.9. The lowest BCUT2D eigenvalue weighted by Crippen LogP contribution is -2.47. The predicted molar refractivity (Wildman–Crippen MR) is 142 cm³/mol. The van der Waals surface area contributed by atoms with Crippen molar-refractivity contribution in [2.45, 2.75) is 50.4 Å². The van der Waals surface area contributed by atoms with Gasteiger partial charge in [-0.15, -0.1) is 0 Å². The van der Waals surface area contributed by atoms with Gasteiger partial charge in [0, 0.05) is 17.8 Å². The first-order valence-corrected chi connectivity index (χ1v) is 13.8. The molecule has 2 aromatic rings. The summed E-state index contributed by atoms with van der Waals surface area (Å²) in [5, 5.41) is 14.4. The van der Waals surface area contributed by atoms with Crippen molar-refractivity contribution in [3.8, 4) is 11.5 Å². The third kappa shape index (κ3) is 6.30. The van der Waals surface area contributed by atoms with Crippen molar-refractivity contribution in [3.05, 3.63) is 65.2 Å². The Kier molecular flexibility index (Phi) is 8.35. The summed E-state index contributed by atoms with van der Waals surface area (Å²) in [4.78, 5) is 38.0. The summed E-state index contributed by atoms with van der Waals surface area (Å²) in [5.41, 5.74) is -1.81. The van der Waals surface area contributed by atoms with Gasteiger partial charge in [-0.25, -0.2) is 8.78 Å². The number of nitrogens with one attached hydrogen (secondary N) is 2. The number of ether oxygens (including phenoxy) is 2. The number of aliphatic carboxylic acids is 1. The number of carboxylic acids is 1. The summed E-state index contributed by atoms with van der Waals surface area (Å²) in [6.07, 6.45) is 0.342. The molecule has 43 heavy (non-hydrogen) atoms. The lowest BCUT2D eigenvalue weighted by Gasteiger charge is -2.29. The van der Waals surface area contributed by atoms with Gasteiger partial charge < -0.3 is 25.2 Å². The third-order valence-corrected chi connectivity index (χ3v) is 8.41. The van der Waals surface area contributed by atoms with Gasteiger partial charge in [0.2, 0.25) is 5.91 Å². The molecule has 0 aliphatic heterocycles. The second-order valence-corrected chi connectivity index (χ2v) is 11.1. The normalized spacial score (nSPS) is 26.2. The van der Waals surface area contributed by atoms with Crippen molar-refractivity contribution in [2.24, 2.45) is 23.7 Å². The molecule has 0 heterocycles. The molecule has 5 rings (SSSR count). The molecule has 230 valence electrons. The van der Waals surface area contributed by atoms with E-state index < -0.39 is 65.1 Å². The molecule has 2 amide bonds. The average Bonchev–Trinajstić information content (AvgIpc) is 3.56. The number of carboxylic acid groups (broad SMARTS) is 1. The molecular formula is C30H29F5N2O6. The van der Waals surface area contributed by atoms with Crippen LogP contribution in [-0.4, -0.2) is 42.1 Å². The summed E-state index contributed by atoms with van der Waals surface area (Å²) in [6, 6.07) is 3.63. The Morgan fingerprint density at radius 1 is 0.930 bits per heavy atom. The number of rotatable bonds is 8. The molecule has 0 saturated heterocycles. The summed E-state index contributed by atoms with van der Waals surface area (Å²) in [7, 11) is 1.26. The molecule has 0 aromatic heterocycles. The van der Waals surface area contributed by atoms with E-state index in [0.717, 1.165) is 12.1 Å². The minimum atomic E-state index is -4.95. The standard InChI is InChI=1S/C30H29F5N2O6/c1-42-23-13-22(32)24(43-18-7-4-14(5-8-18)29(40)41)12-19(23)27(38)37-26-16-3-2-15(10-16)25(26)28(39)36-17-6-9-21(31)20(11-17)30(33,34)35/h2-3,6,9,11-16,18,25-26H,4-5,7-8,10H2,1H3,(H,36,39)(H,37,38)(H,40,41)/t14-,15-,16+,18+,25+,26-/m0/s1. The van der Waals surface area contributed by atoms with Gasteiger partial charge >= 0.3 is 12.1 Å². The van der Waals surface area contributed by atoms with Crippen LogP contribution in [0.1, 0.15) is 48.0 Å². The molecule has 8 nitrogen and oxygen atoms in total. The number of carbonyl (C=O) groups excluding carboxylic acids is 2. The smallest absolute Gasteiger partial charge is 0.419 e. The largest absolute Gasteiger partial charge is 0.496 e. The quantitative estimate of drug-likeness (QED) is 0.267. The number of amides is 2. The molecule has 3 aliphatic rings. The zero-order chi connectivity index (χ0) is 31.1. The lowest BCUT2D eigenvalue weighted by molar-refractivity contribution is -0.143. The molecule has 4 atom stereocenters. The van der Waals surface area contributed by atoms with Crippen molar-refractivity contribution >= 4 is 23.5 Å². The molecule has 3 aliphatic carbocycles. The fourth-order valence-corrected chi connectivity index (χ4v) is 6.23. The molecule has 0 unspecified atom stereocenters. The van der Waals surface area contributed by atoms with E-state index in [1.807, 2.05) is 12.2 Å². The van der Waals surface area contributed by atoms with Gasteiger partial charge in [0.05, 0.1) is 36.2 Å². The Labute approximate surface area is 243 Å². The van der Waals surface area contributed by atoms with E-state index in [4.69, 9.17) is 9.47 Å². The predicted octanol–water partition coefficient (Wildman–Crippen LogP) is 5.57. The van der Waals surface area contributed by atoms with Crippen LogP contribution in [0.2, 0.25) is 0 Å². The molecule has 0 radical (unpaired) electrons. The highest BCUT2D eigenvalue weighted by Gasteiger charge is 2.49. The van der Waals surface area contributed by atoms with Crippen LogP contribution >= 0.6 is 0 Å². The summed E-state index contributed by atoms with van der Waals surface area (Å²) < 4.78 is 79.2. The van der Waals surface area contributed by atoms with Gasteiger partial charge in [-0.3, -0.25) is 14.4 Å². The van der Waals surface area contributed by atoms with Crippen molar-refractivity contribution in [1.82, 2.24) is 5.32 Å². The molecule has 2 bridgehead atoms. The maximum absolute atomic E-state index is 14.9. The number of fused-ring (bicyclic) bond motifs is 2. The zero-order valence-electron chi connectivity index (χ0n) is 22.9. The van der Waals surface area contributed by atoms with Crippen molar-refractivity contribution in [1.29, 1.82) is 0 Å². The van der Waals surface area contributed by atoms with Gasteiger partial charge in [-0.05, 0) is 68.2 Å². The maximum atomic E-state index is 14.9. The third-order valence-electron chi connectivity index (χ3n) is 8.41. The Morgan fingerprint density at radius 2 is 1.63 bits per heavy atom. The van der Waals surface area contributed by atoms with E-state index in [0.29, 0.717) is 44.2 Å². The molecular weight excluding hydrogens is 579 g/mol. The number of hydrogen-bond acceptors (Lipinski definition) is 5. The number of benzene rings is 2. The molecule has 13 heteroatoms. The van der Waals surface area contributed by atoms with Crippen LogP contribution in [0.15, 0.2) is 42.5 Å². The maximum Gasteiger partial charge on any atom is 0.419 e. The van der Waals surface area contributed by atoms with Crippen LogP contribution in [0.5, 0.6) is 11.5 Å². The molecule has 2 saturated carbocycles. The number of alkyl halides is 3. The number of methoxy groups -OCH3 is 1. The van der Waals surface area contributed by atoms with Gasteiger partial charge in [0.1, 0.15) is 11.6 Å². The Hall–Kier alpha value is -4.16. The van der Waals surface area contributed by atoms with E-state index in [1.54, 1.807) is 0 Å². The molecule has 2 fully saturated rings. The van der Waals surface area contributed by atoms with Gasteiger partial charge in [-0.2, -0.15) is 13.2 Å². The van der Waals surface area contributed by atoms with Crippen molar-refractivity contribution in [3.63, 3.8) is 0 Å². The van der Waals surface area contributed by atoms with Crippen molar-refractivity contribution in [2.75, 3.05) is 12.4 Å². The van der Waals surface area contributed by atoms with Gasteiger partial charge in [0.25, 0.3) is 5.91 Å². The first kappa shape index (κ1) is 30.3. The Balaban J connectivity index is 1.32. The van der Waals surface area contributed by atoms with E-state index in [-0.39, 0.29) is 34.6 Å². The number of anilines is 1. The fourth-order valence-electron chi connectivity index (χ4n) is 6.23. The fraction of sp³-hybridized carbons (Fsp3) is 0.433. The summed E-state index contributed by atoms with van der Waals surface area (Å²) >= 11 is 0. The topological polar surface area (TPSA) is 114 Å². The SMILES string of the molecule is COc1cc(F)c(O[C@H]2CC[C@@H](C(=O)O)CC2)cc1C(=O)N[C@@H]1[C@H](C(=O)Nc2ccc(F)c(C(F)(F)F)c2)[C@H]2C=C[C@@H]1C2. The number of allylic oxidation sites excluding steroid dienone is 1. The van der Waals surface area contributed by atoms with Gasteiger partial charge in [0.15, 0.2) is 11.6 Å². The first-order chi connectivity index (χ1) is 20.3. The monoisotopic (exact) mass is 608 g/mol. The van der Waals surface area contributed by atoms with Crippen LogP contribution in [0.4, 0.5) is 27.6 Å². The van der Waals surface area contributed by atoms with Crippen LogP contribution in [0.3, 0.4) is 0 Å². The second-order valence-electron chi connectivity index (χ2n) is 11.1. The minimum Gasteiger partial charge on any atom is -0.496 e. The number of carbonyl (C=O) groups is 3. The van der Waals surface area contributed by atoms with E-state index in [1.165, 1.54) is 13.2 Å². The van der Waals surface area contributed by atoms with Crippen LogP contribution < -0.4 is 20.1 Å². The molecule has 0 spiro atoms. The van der Waals surface area contributed by atoms with E-state index >= 15 is 0 Å². The average molecular weight is 609 g/mol. The minimum absolute atomic E-state index is 0.0580. The van der Waals surface area contributed by atoms with E-state index in [2.05, 4.69) is 10.6 Å². The second kappa shape index (κ2) is 11.8. The molecule has 2 aromatic carbocycles. The van der Waals surface area contributed by atoms with Crippen LogP contribution in [0, 0.1) is 35.3 Å². The van der Waals surface area contributed by atoms with Gasteiger partial charge in [-0.1, -0.05) is 12.2 Å². The van der Waals surface area contributed by atoms with Crippen LogP contribution in [-0.2, 0) is 15.8 Å². The Bertz CT molecular complexity index is 1450. The first-order valence-electron chi connectivity index (χ1n) is 13.8.